The molecule has 18 heavy (non-hydrogen) atoms. The Morgan fingerprint density at radius 2 is 1.94 bits per heavy atom. The Bertz CT molecular complexity index is 235. The van der Waals surface area contributed by atoms with Crippen LogP contribution >= 0.6 is 0 Å². The number of rotatable bonds is 7. The van der Waals surface area contributed by atoms with E-state index in [1.165, 1.54) is 32.1 Å². The van der Waals surface area contributed by atoms with Gasteiger partial charge in [-0.2, -0.15) is 0 Å². The van der Waals surface area contributed by atoms with Crippen molar-refractivity contribution < 1.29 is 9.90 Å². The van der Waals surface area contributed by atoms with E-state index in [0.717, 1.165) is 18.8 Å². The molecule has 0 aromatic rings. The molecule has 1 atom stereocenters. The molecule has 1 rings (SSSR count). The summed E-state index contributed by atoms with van der Waals surface area (Å²) >= 11 is 0. The lowest BCUT2D eigenvalue weighted by atomic mass is 9.86. The van der Waals surface area contributed by atoms with Crippen molar-refractivity contribution in [3.63, 3.8) is 0 Å². The number of aliphatic hydroxyl groups is 1. The molecular weight excluding hydrogens is 226 g/mol. The first-order valence-electron chi connectivity index (χ1n) is 7.52. The van der Waals surface area contributed by atoms with Crippen LogP contribution in [0.4, 0.5) is 0 Å². The number of hydrogen-bond acceptors (Lipinski definition) is 2. The quantitative estimate of drug-likeness (QED) is 0.735. The zero-order chi connectivity index (χ0) is 13.4. The molecule has 3 nitrogen and oxygen atoms in total. The van der Waals surface area contributed by atoms with E-state index in [0.29, 0.717) is 12.3 Å². The van der Waals surface area contributed by atoms with Crippen LogP contribution in [0.25, 0.3) is 0 Å². The number of hydrogen-bond donors (Lipinski definition) is 2. The van der Waals surface area contributed by atoms with Gasteiger partial charge >= 0.3 is 0 Å². The van der Waals surface area contributed by atoms with Crippen molar-refractivity contribution in [2.75, 3.05) is 6.61 Å². The van der Waals surface area contributed by atoms with Crippen molar-refractivity contribution in [1.29, 1.82) is 0 Å². The van der Waals surface area contributed by atoms with Crippen LogP contribution in [0.2, 0.25) is 0 Å². The predicted molar refractivity (Wildman–Crippen MR) is 74.3 cm³/mol. The first-order chi connectivity index (χ1) is 8.61. The average molecular weight is 255 g/mol. The predicted octanol–water partition coefficient (Wildman–Crippen LogP) is 2.87. The van der Waals surface area contributed by atoms with Crippen molar-refractivity contribution in [3.8, 4) is 0 Å². The first kappa shape index (κ1) is 15.5. The SMILES string of the molecule is CC(C)CC(CO)NC(=O)CCC1CCCCC1. The Balaban J connectivity index is 2.18. The molecule has 1 aliphatic carbocycles. The second-order valence-corrected chi connectivity index (χ2v) is 6.12. The van der Waals surface area contributed by atoms with Crippen LogP contribution in [0.3, 0.4) is 0 Å². The first-order valence-corrected chi connectivity index (χ1v) is 7.52. The molecule has 0 bridgehead atoms. The highest BCUT2D eigenvalue weighted by molar-refractivity contribution is 5.76. The number of aliphatic hydroxyl groups excluding tert-OH is 1. The summed E-state index contributed by atoms with van der Waals surface area (Å²) in [4.78, 5) is 11.8. The smallest absolute Gasteiger partial charge is 0.220 e. The fourth-order valence-corrected chi connectivity index (χ4v) is 2.86. The Morgan fingerprint density at radius 1 is 1.28 bits per heavy atom. The van der Waals surface area contributed by atoms with Gasteiger partial charge in [0.2, 0.25) is 5.91 Å². The van der Waals surface area contributed by atoms with Gasteiger partial charge in [0.05, 0.1) is 12.6 Å². The van der Waals surface area contributed by atoms with E-state index >= 15 is 0 Å². The maximum atomic E-state index is 11.8. The molecule has 1 amide bonds. The lowest BCUT2D eigenvalue weighted by molar-refractivity contribution is -0.122. The summed E-state index contributed by atoms with van der Waals surface area (Å²) in [5, 5.41) is 12.2. The normalized spacial score (nSPS) is 18.9. The van der Waals surface area contributed by atoms with Gasteiger partial charge in [-0.1, -0.05) is 46.0 Å². The number of carbonyl (C=O) groups excluding carboxylic acids is 1. The molecular formula is C15H29NO2. The van der Waals surface area contributed by atoms with Crippen LogP contribution in [0.1, 0.15) is 65.2 Å². The van der Waals surface area contributed by atoms with Gasteiger partial charge in [0.15, 0.2) is 0 Å². The zero-order valence-corrected chi connectivity index (χ0v) is 12.0. The third kappa shape index (κ3) is 6.39. The van der Waals surface area contributed by atoms with Crippen LogP contribution in [-0.2, 0) is 4.79 Å². The van der Waals surface area contributed by atoms with Gasteiger partial charge in [-0.05, 0) is 24.7 Å². The second kappa shape index (κ2) is 8.52. The highest BCUT2D eigenvalue weighted by atomic mass is 16.3. The lowest BCUT2D eigenvalue weighted by Gasteiger charge is -2.22. The molecule has 1 unspecified atom stereocenters. The van der Waals surface area contributed by atoms with E-state index < -0.39 is 0 Å². The highest BCUT2D eigenvalue weighted by Crippen LogP contribution is 2.27. The average Bonchev–Trinajstić information content (AvgIpc) is 2.36. The van der Waals surface area contributed by atoms with Crippen molar-refractivity contribution >= 4 is 5.91 Å². The molecule has 3 heteroatoms. The molecule has 0 aliphatic heterocycles. The van der Waals surface area contributed by atoms with E-state index in [9.17, 15) is 9.90 Å². The summed E-state index contributed by atoms with van der Waals surface area (Å²) in [5.74, 6) is 1.36. The van der Waals surface area contributed by atoms with Gasteiger partial charge in [0, 0.05) is 6.42 Å². The monoisotopic (exact) mass is 255 g/mol. The van der Waals surface area contributed by atoms with E-state index in [1.807, 2.05) is 0 Å². The highest BCUT2D eigenvalue weighted by Gasteiger charge is 2.17. The zero-order valence-electron chi connectivity index (χ0n) is 12.0. The summed E-state index contributed by atoms with van der Waals surface area (Å²) in [6, 6.07) is -0.0659. The van der Waals surface area contributed by atoms with Crippen LogP contribution in [-0.4, -0.2) is 23.7 Å². The Morgan fingerprint density at radius 3 is 2.50 bits per heavy atom. The molecule has 0 radical (unpaired) electrons. The second-order valence-electron chi connectivity index (χ2n) is 6.12. The molecule has 0 aromatic heterocycles. The fourth-order valence-electron chi connectivity index (χ4n) is 2.86. The minimum absolute atomic E-state index is 0.0490. The molecule has 2 N–H and O–H groups in total. The molecule has 1 aliphatic rings. The Hall–Kier alpha value is -0.570. The van der Waals surface area contributed by atoms with E-state index in [4.69, 9.17) is 0 Å². The molecule has 0 heterocycles. The topological polar surface area (TPSA) is 49.3 Å². The largest absolute Gasteiger partial charge is 0.394 e. The fraction of sp³-hybridized carbons (Fsp3) is 0.933. The molecule has 0 aromatic carbocycles. The molecule has 1 fully saturated rings. The van der Waals surface area contributed by atoms with Crippen LogP contribution in [0.15, 0.2) is 0 Å². The van der Waals surface area contributed by atoms with Gasteiger partial charge in [-0.25, -0.2) is 0 Å². The van der Waals surface area contributed by atoms with E-state index in [1.54, 1.807) is 0 Å². The van der Waals surface area contributed by atoms with Crippen LogP contribution < -0.4 is 5.32 Å². The Kier molecular flexibility index (Phi) is 7.33. The third-order valence-corrected chi connectivity index (χ3v) is 3.85. The van der Waals surface area contributed by atoms with Crippen molar-refractivity contribution in [2.24, 2.45) is 11.8 Å². The van der Waals surface area contributed by atoms with Crippen LogP contribution in [0.5, 0.6) is 0 Å². The minimum Gasteiger partial charge on any atom is -0.394 e. The summed E-state index contributed by atoms with van der Waals surface area (Å²) < 4.78 is 0. The van der Waals surface area contributed by atoms with Gasteiger partial charge in [0.25, 0.3) is 0 Å². The third-order valence-electron chi connectivity index (χ3n) is 3.85. The minimum atomic E-state index is -0.0659. The maximum absolute atomic E-state index is 11.8. The molecule has 106 valence electrons. The summed E-state index contributed by atoms with van der Waals surface area (Å²) in [7, 11) is 0. The van der Waals surface area contributed by atoms with E-state index in [2.05, 4.69) is 19.2 Å². The molecule has 0 spiro atoms. The number of amides is 1. The van der Waals surface area contributed by atoms with Crippen LogP contribution in [0, 0.1) is 11.8 Å². The van der Waals surface area contributed by atoms with Gasteiger partial charge in [0.1, 0.15) is 0 Å². The van der Waals surface area contributed by atoms with Crippen molar-refractivity contribution in [2.45, 2.75) is 71.3 Å². The van der Waals surface area contributed by atoms with Gasteiger partial charge in [-0.3, -0.25) is 4.79 Å². The van der Waals surface area contributed by atoms with Gasteiger partial charge in [-0.15, -0.1) is 0 Å². The Labute approximate surface area is 111 Å². The standard InChI is InChI=1S/C15H29NO2/c1-12(2)10-14(11-17)16-15(18)9-8-13-6-4-3-5-7-13/h12-14,17H,3-11H2,1-2H3,(H,16,18). The number of nitrogens with one attached hydrogen (secondary N) is 1. The van der Waals surface area contributed by atoms with Gasteiger partial charge < -0.3 is 10.4 Å². The summed E-state index contributed by atoms with van der Waals surface area (Å²) in [6.07, 6.45) is 9.11. The number of carbonyl (C=O) groups is 1. The summed E-state index contributed by atoms with van der Waals surface area (Å²) in [6.45, 7) is 4.26. The molecule has 1 saturated carbocycles. The lowest BCUT2D eigenvalue weighted by Crippen LogP contribution is -2.38. The maximum Gasteiger partial charge on any atom is 0.220 e. The van der Waals surface area contributed by atoms with E-state index in [-0.39, 0.29) is 18.6 Å². The molecule has 0 saturated heterocycles. The van der Waals surface area contributed by atoms with Crippen molar-refractivity contribution in [3.05, 3.63) is 0 Å². The summed E-state index contributed by atoms with van der Waals surface area (Å²) in [5.41, 5.74) is 0. The van der Waals surface area contributed by atoms with Crippen molar-refractivity contribution in [1.82, 2.24) is 5.32 Å².